The van der Waals surface area contributed by atoms with Crippen molar-refractivity contribution in [1.82, 2.24) is 0 Å². The van der Waals surface area contributed by atoms with Gasteiger partial charge in [-0.3, -0.25) is 4.79 Å². The van der Waals surface area contributed by atoms with Crippen molar-refractivity contribution in [2.24, 2.45) is 0 Å². The number of hydrogen-bond acceptors (Lipinski definition) is 19. The summed E-state index contributed by atoms with van der Waals surface area (Å²) in [5.41, 5.74) is -2.42. The molecule has 54 heavy (non-hydrogen) atoms. The lowest BCUT2D eigenvalue weighted by Crippen LogP contribution is -2.61. The van der Waals surface area contributed by atoms with Crippen LogP contribution in [-0.4, -0.2) is 105 Å². The van der Waals surface area contributed by atoms with Crippen LogP contribution in [0.3, 0.4) is 0 Å². The molecule has 2 heterocycles. The summed E-state index contributed by atoms with van der Waals surface area (Å²) in [6.07, 6.45) is -10.2. The van der Waals surface area contributed by atoms with Gasteiger partial charge in [-0.25, -0.2) is 9.59 Å². The first-order chi connectivity index (χ1) is 25.5. The third-order valence-corrected chi connectivity index (χ3v) is 8.16. The molecule has 0 bridgehead atoms. The van der Waals surface area contributed by atoms with E-state index in [0.717, 1.165) is 24.3 Å². The summed E-state index contributed by atoms with van der Waals surface area (Å²) < 4.78 is 28.0. The maximum Gasteiger partial charge on any atom is 0.339 e. The van der Waals surface area contributed by atoms with Gasteiger partial charge in [0.2, 0.25) is 17.5 Å². The molecule has 6 rings (SSSR count). The average molecular weight is 753 g/mol. The number of carbonyl (C=O) groups excluding carboxylic acids is 2. The van der Waals surface area contributed by atoms with E-state index in [2.05, 4.69) is 0 Å². The zero-order valence-corrected chi connectivity index (χ0v) is 27.1. The Morgan fingerprint density at radius 3 is 1.80 bits per heavy atom. The Bertz CT molecular complexity index is 2280. The van der Waals surface area contributed by atoms with Gasteiger partial charge in [-0.1, -0.05) is 0 Å². The van der Waals surface area contributed by atoms with Crippen molar-refractivity contribution in [3.63, 3.8) is 0 Å². The van der Waals surface area contributed by atoms with E-state index < -0.39 is 129 Å². The maximum atomic E-state index is 14.0. The van der Waals surface area contributed by atoms with Crippen LogP contribution in [0.25, 0.3) is 22.3 Å². The van der Waals surface area contributed by atoms with Crippen LogP contribution in [0.15, 0.2) is 69.9 Å². The molecule has 1 aliphatic rings. The number of aromatic hydroxyl groups is 9. The quantitative estimate of drug-likeness (QED) is 0.0794. The number of phenols is 9. The molecule has 5 atom stereocenters. The first-order valence-corrected chi connectivity index (χ1v) is 15.4. The van der Waals surface area contributed by atoms with Gasteiger partial charge in [0.05, 0.1) is 11.1 Å². The number of aliphatic hydroxyl groups is 2. The normalized spacial score (nSPS) is 19.6. The second-order valence-corrected chi connectivity index (χ2v) is 11.8. The Balaban J connectivity index is 1.41. The molecule has 19 nitrogen and oxygen atoms in total. The van der Waals surface area contributed by atoms with Gasteiger partial charge in [-0.05, 0) is 48.5 Å². The van der Waals surface area contributed by atoms with E-state index in [9.17, 15) is 70.6 Å². The molecule has 4 aromatic carbocycles. The lowest BCUT2D eigenvalue weighted by molar-refractivity contribution is -0.276. The first-order valence-electron chi connectivity index (χ1n) is 15.4. The molecular weight excluding hydrogens is 724 g/mol. The smallest absolute Gasteiger partial charge is 0.339 e. The topological polar surface area (TPSA) is 324 Å². The molecule has 0 unspecified atom stereocenters. The lowest BCUT2D eigenvalue weighted by atomic mass is 9.98. The summed E-state index contributed by atoms with van der Waals surface area (Å²) in [5, 5.41) is 111. The van der Waals surface area contributed by atoms with Crippen LogP contribution in [0.1, 0.15) is 20.7 Å². The zero-order valence-electron chi connectivity index (χ0n) is 27.1. The highest BCUT2D eigenvalue weighted by Gasteiger charge is 2.49. The van der Waals surface area contributed by atoms with Crippen molar-refractivity contribution in [3.05, 3.63) is 82.0 Å². The summed E-state index contributed by atoms with van der Waals surface area (Å²) in [5.74, 6) is -10.8. The fourth-order valence-electron chi connectivity index (χ4n) is 5.43. The van der Waals surface area contributed by atoms with E-state index in [-0.39, 0.29) is 16.9 Å². The fourth-order valence-corrected chi connectivity index (χ4v) is 5.43. The van der Waals surface area contributed by atoms with Crippen LogP contribution in [0, 0.1) is 0 Å². The molecule has 0 saturated carbocycles. The molecule has 0 aliphatic carbocycles. The monoisotopic (exact) mass is 752 g/mol. The van der Waals surface area contributed by atoms with Crippen LogP contribution in [0.4, 0.5) is 0 Å². The van der Waals surface area contributed by atoms with Crippen molar-refractivity contribution >= 4 is 22.9 Å². The van der Waals surface area contributed by atoms with Crippen LogP contribution in [0.2, 0.25) is 0 Å². The summed E-state index contributed by atoms with van der Waals surface area (Å²) in [6, 6.07) is 9.73. The van der Waals surface area contributed by atoms with E-state index in [1.807, 2.05) is 0 Å². The molecule has 1 aliphatic heterocycles. The Hall–Kier alpha value is -7.09. The van der Waals surface area contributed by atoms with Gasteiger partial charge in [0.15, 0.2) is 46.4 Å². The average Bonchev–Trinajstić information content (AvgIpc) is 3.12. The number of hydrogen-bond donors (Lipinski definition) is 11. The van der Waals surface area contributed by atoms with Crippen LogP contribution < -0.4 is 10.2 Å². The number of aliphatic hydroxyl groups excluding tert-OH is 2. The van der Waals surface area contributed by atoms with E-state index in [0.29, 0.717) is 12.1 Å². The highest BCUT2D eigenvalue weighted by Crippen LogP contribution is 2.40. The fraction of sp³-hybridized carbons (Fsp3) is 0.171. The summed E-state index contributed by atoms with van der Waals surface area (Å²) >= 11 is 0. The number of carbonyl (C=O) groups is 2. The second kappa shape index (κ2) is 14.1. The van der Waals surface area contributed by atoms with Gasteiger partial charge in [0, 0.05) is 17.7 Å². The molecule has 0 spiro atoms. The minimum absolute atomic E-state index is 0.0653. The molecule has 1 saturated heterocycles. The Morgan fingerprint density at radius 1 is 0.667 bits per heavy atom. The van der Waals surface area contributed by atoms with Crippen LogP contribution in [-0.2, 0) is 14.2 Å². The van der Waals surface area contributed by atoms with Gasteiger partial charge in [0.25, 0.3) is 0 Å². The molecular formula is C35H28O19. The third kappa shape index (κ3) is 6.91. The predicted molar refractivity (Wildman–Crippen MR) is 177 cm³/mol. The maximum absolute atomic E-state index is 14.0. The number of rotatable bonds is 8. The van der Waals surface area contributed by atoms with Crippen LogP contribution >= 0.6 is 0 Å². The number of phenolic OH excluding ortho intramolecular Hbond substituents is 9. The van der Waals surface area contributed by atoms with Crippen molar-refractivity contribution in [2.75, 3.05) is 6.61 Å². The number of ether oxygens (including phenoxy) is 4. The third-order valence-electron chi connectivity index (χ3n) is 8.16. The lowest BCUT2D eigenvalue weighted by Gasteiger charge is -2.41. The summed E-state index contributed by atoms with van der Waals surface area (Å²) in [6.45, 7) is -0.906. The minimum Gasteiger partial charge on any atom is -0.508 e. The highest BCUT2D eigenvalue weighted by atomic mass is 16.7. The van der Waals surface area contributed by atoms with Crippen molar-refractivity contribution < 1.29 is 89.1 Å². The molecule has 5 aromatic rings. The zero-order chi connectivity index (χ0) is 39.2. The Kier molecular flexibility index (Phi) is 9.61. The van der Waals surface area contributed by atoms with Gasteiger partial charge < -0.3 is 79.5 Å². The van der Waals surface area contributed by atoms with Crippen molar-refractivity contribution in [1.29, 1.82) is 0 Å². The van der Waals surface area contributed by atoms with E-state index in [4.69, 9.17) is 23.4 Å². The van der Waals surface area contributed by atoms with E-state index in [1.54, 1.807) is 0 Å². The highest BCUT2D eigenvalue weighted by molar-refractivity contribution is 5.92. The first kappa shape index (κ1) is 36.7. The van der Waals surface area contributed by atoms with Gasteiger partial charge >= 0.3 is 11.9 Å². The molecule has 11 N–H and O–H groups in total. The standard InChI is InChI=1S/C35H28O19/c36-15-3-1-12(2-4-15)30-31(28(46)24-17(38)9-16(37)10-22(24)51-30)54-35-32(53-34(49)14-7-20(41)26(44)21(42)8-14)29(47)27(45)23(52-35)11-50-33(48)13-5-18(39)25(43)19(40)6-13/h1-10,23,27,29,32,35-45,47H,11H2/t23-,27+,29+,32+,35+/m0/s1. The molecule has 1 aromatic heterocycles. The van der Waals surface area contributed by atoms with E-state index in [1.165, 1.54) is 24.3 Å². The van der Waals surface area contributed by atoms with E-state index >= 15 is 0 Å². The summed E-state index contributed by atoms with van der Waals surface area (Å²) in [4.78, 5) is 40.0. The number of esters is 2. The predicted octanol–water partition coefficient (Wildman–Crippen LogP) is 1.72. The van der Waals surface area contributed by atoms with Gasteiger partial charge in [-0.15, -0.1) is 0 Å². The largest absolute Gasteiger partial charge is 0.508 e. The van der Waals surface area contributed by atoms with Gasteiger partial charge in [-0.2, -0.15) is 0 Å². The molecule has 19 heteroatoms. The Morgan fingerprint density at radius 2 is 1.22 bits per heavy atom. The molecule has 0 radical (unpaired) electrons. The van der Waals surface area contributed by atoms with Crippen molar-refractivity contribution in [3.8, 4) is 68.8 Å². The van der Waals surface area contributed by atoms with Crippen LogP contribution in [0.5, 0.6) is 57.5 Å². The molecule has 282 valence electrons. The Labute approximate surface area is 300 Å². The summed E-state index contributed by atoms with van der Waals surface area (Å²) in [7, 11) is 0. The minimum atomic E-state index is -2.19. The number of fused-ring (bicyclic) bond motifs is 1. The molecule has 1 fully saturated rings. The van der Waals surface area contributed by atoms with Crippen molar-refractivity contribution in [2.45, 2.75) is 30.7 Å². The number of benzene rings is 4. The molecule has 0 amide bonds. The second-order valence-electron chi connectivity index (χ2n) is 11.8. The van der Waals surface area contributed by atoms with Gasteiger partial charge in [0.1, 0.15) is 53.1 Å². The SMILES string of the molecule is O=C(OC[C@@H]1O[C@H](Oc2c(-c3ccc(O)cc3)oc3cc(O)cc(O)c3c2=O)[C@H](OC(=O)c2cc(O)c(O)c(O)c2)[C@H](O)[C@@H]1O)c1cc(O)c(O)c(O)c1.